The van der Waals surface area contributed by atoms with Gasteiger partial charge in [0.05, 0.1) is 5.60 Å². The van der Waals surface area contributed by atoms with Gasteiger partial charge in [-0.05, 0) is 51.1 Å². The van der Waals surface area contributed by atoms with Crippen molar-refractivity contribution in [3.05, 3.63) is 11.6 Å². The highest BCUT2D eigenvalue weighted by Gasteiger charge is 2.34. The maximum absolute atomic E-state index is 10.6. The lowest BCUT2D eigenvalue weighted by Crippen LogP contribution is -2.44. The van der Waals surface area contributed by atoms with Crippen LogP contribution < -0.4 is 0 Å². The zero-order valence-electron chi connectivity index (χ0n) is 9.84. The zero-order valence-corrected chi connectivity index (χ0v) is 9.84. The number of allylic oxidation sites excluding steroid dienone is 1. The molecule has 15 heavy (non-hydrogen) atoms. The molecular formula is C13H23NO. The molecule has 0 amide bonds. The first-order valence-electron chi connectivity index (χ1n) is 6.31. The summed E-state index contributed by atoms with van der Waals surface area (Å²) in [6, 6.07) is 0. The summed E-state index contributed by atoms with van der Waals surface area (Å²) in [7, 11) is 2.14. The van der Waals surface area contributed by atoms with E-state index >= 15 is 0 Å². The smallest absolute Gasteiger partial charge is 0.0881 e. The van der Waals surface area contributed by atoms with Gasteiger partial charge in [-0.1, -0.05) is 12.5 Å². The van der Waals surface area contributed by atoms with Gasteiger partial charge in [-0.2, -0.15) is 0 Å². The summed E-state index contributed by atoms with van der Waals surface area (Å²) in [5.74, 6) is 0. The molecule has 86 valence electrons. The number of hydrogen-bond donors (Lipinski definition) is 1. The average molecular weight is 209 g/mol. The van der Waals surface area contributed by atoms with Crippen molar-refractivity contribution in [2.45, 2.75) is 50.5 Å². The van der Waals surface area contributed by atoms with Crippen molar-refractivity contribution in [3.63, 3.8) is 0 Å². The van der Waals surface area contributed by atoms with E-state index in [1.165, 1.54) is 31.3 Å². The predicted molar refractivity (Wildman–Crippen MR) is 62.8 cm³/mol. The quantitative estimate of drug-likeness (QED) is 0.670. The molecule has 1 aliphatic carbocycles. The van der Waals surface area contributed by atoms with Gasteiger partial charge >= 0.3 is 0 Å². The second-order valence-electron chi connectivity index (χ2n) is 5.16. The summed E-state index contributed by atoms with van der Waals surface area (Å²) >= 11 is 0. The third kappa shape index (κ3) is 2.61. The van der Waals surface area contributed by atoms with Crippen LogP contribution in [0.4, 0.5) is 0 Å². The minimum Gasteiger partial charge on any atom is -0.385 e. The largest absolute Gasteiger partial charge is 0.385 e. The monoisotopic (exact) mass is 209 g/mol. The standard InChI is InChI=1S/C13H23NO/c1-14-10-8-13(15,9-11-14)12-6-4-2-3-5-7-12/h6,15H,2-5,7-11H2,1H3. The van der Waals surface area contributed by atoms with E-state index in [2.05, 4.69) is 18.0 Å². The molecule has 0 radical (unpaired) electrons. The third-order valence-corrected chi connectivity index (χ3v) is 3.95. The summed E-state index contributed by atoms with van der Waals surface area (Å²) in [4.78, 5) is 2.31. The number of aliphatic hydroxyl groups is 1. The molecule has 0 aromatic heterocycles. The normalized spacial score (nSPS) is 28.3. The summed E-state index contributed by atoms with van der Waals surface area (Å²) in [6.07, 6.45) is 10.4. The Morgan fingerprint density at radius 3 is 2.67 bits per heavy atom. The van der Waals surface area contributed by atoms with E-state index in [4.69, 9.17) is 0 Å². The Labute approximate surface area is 93.0 Å². The van der Waals surface area contributed by atoms with Crippen LogP contribution in [-0.4, -0.2) is 35.7 Å². The van der Waals surface area contributed by atoms with E-state index in [0.717, 1.165) is 32.4 Å². The van der Waals surface area contributed by atoms with E-state index in [9.17, 15) is 5.11 Å². The Morgan fingerprint density at radius 2 is 1.93 bits per heavy atom. The van der Waals surface area contributed by atoms with Crippen molar-refractivity contribution in [2.75, 3.05) is 20.1 Å². The number of nitrogens with zero attached hydrogens (tertiary/aromatic N) is 1. The lowest BCUT2D eigenvalue weighted by molar-refractivity contribution is 0.0134. The maximum Gasteiger partial charge on any atom is 0.0881 e. The molecule has 0 unspecified atom stereocenters. The molecule has 2 rings (SSSR count). The van der Waals surface area contributed by atoms with Crippen LogP contribution in [0.5, 0.6) is 0 Å². The van der Waals surface area contributed by atoms with Gasteiger partial charge < -0.3 is 10.0 Å². The minimum atomic E-state index is -0.461. The highest BCUT2D eigenvalue weighted by atomic mass is 16.3. The van der Waals surface area contributed by atoms with Crippen LogP contribution in [0.1, 0.15) is 44.9 Å². The topological polar surface area (TPSA) is 23.5 Å². The molecule has 0 spiro atoms. The van der Waals surface area contributed by atoms with E-state index < -0.39 is 5.60 Å². The fourth-order valence-electron chi connectivity index (χ4n) is 2.75. The molecule has 0 saturated carbocycles. The third-order valence-electron chi connectivity index (χ3n) is 3.95. The van der Waals surface area contributed by atoms with Crippen LogP contribution in [0, 0.1) is 0 Å². The minimum absolute atomic E-state index is 0.461. The predicted octanol–water partition coefficient (Wildman–Crippen LogP) is 2.33. The van der Waals surface area contributed by atoms with E-state index in [1.807, 2.05) is 0 Å². The Balaban J connectivity index is 2.03. The highest BCUT2D eigenvalue weighted by Crippen LogP contribution is 2.34. The van der Waals surface area contributed by atoms with E-state index in [1.54, 1.807) is 0 Å². The maximum atomic E-state index is 10.6. The molecule has 2 aliphatic rings. The van der Waals surface area contributed by atoms with Gasteiger partial charge in [0.1, 0.15) is 0 Å². The van der Waals surface area contributed by atoms with Crippen LogP contribution in [0.3, 0.4) is 0 Å². The Bertz CT molecular complexity index is 239. The van der Waals surface area contributed by atoms with Crippen molar-refractivity contribution in [1.29, 1.82) is 0 Å². The zero-order chi connectivity index (χ0) is 10.7. The lowest BCUT2D eigenvalue weighted by atomic mass is 9.82. The number of likely N-dealkylation sites (tertiary alicyclic amines) is 1. The van der Waals surface area contributed by atoms with E-state index in [0.29, 0.717) is 0 Å². The van der Waals surface area contributed by atoms with Crippen molar-refractivity contribution in [1.82, 2.24) is 4.90 Å². The van der Waals surface area contributed by atoms with Gasteiger partial charge in [-0.25, -0.2) is 0 Å². The summed E-state index contributed by atoms with van der Waals surface area (Å²) in [6.45, 7) is 2.07. The van der Waals surface area contributed by atoms with Crippen LogP contribution in [0.2, 0.25) is 0 Å². The number of rotatable bonds is 1. The molecule has 0 atom stereocenters. The van der Waals surface area contributed by atoms with Gasteiger partial charge in [0, 0.05) is 13.1 Å². The molecule has 0 bridgehead atoms. The fourth-order valence-corrected chi connectivity index (χ4v) is 2.75. The Hall–Kier alpha value is -0.340. The molecule has 1 fully saturated rings. The molecule has 1 saturated heterocycles. The Kier molecular flexibility index (Phi) is 3.47. The summed E-state index contributed by atoms with van der Waals surface area (Å²) < 4.78 is 0. The second kappa shape index (κ2) is 4.67. The van der Waals surface area contributed by atoms with Gasteiger partial charge in [-0.3, -0.25) is 0 Å². The van der Waals surface area contributed by atoms with Crippen LogP contribution in [0.25, 0.3) is 0 Å². The molecule has 1 aliphatic heterocycles. The van der Waals surface area contributed by atoms with Crippen molar-refractivity contribution in [2.24, 2.45) is 0 Å². The SMILES string of the molecule is CN1CCC(O)(C2=CCCCCC2)CC1. The van der Waals surface area contributed by atoms with Crippen molar-refractivity contribution in [3.8, 4) is 0 Å². The van der Waals surface area contributed by atoms with Crippen molar-refractivity contribution < 1.29 is 5.11 Å². The number of hydrogen-bond acceptors (Lipinski definition) is 2. The Morgan fingerprint density at radius 1 is 1.20 bits per heavy atom. The molecule has 1 heterocycles. The second-order valence-corrected chi connectivity index (χ2v) is 5.16. The highest BCUT2D eigenvalue weighted by molar-refractivity contribution is 5.19. The first kappa shape index (κ1) is 11.2. The van der Waals surface area contributed by atoms with Gasteiger partial charge in [0.15, 0.2) is 0 Å². The first-order chi connectivity index (χ1) is 7.21. The van der Waals surface area contributed by atoms with Gasteiger partial charge in [0.2, 0.25) is 0 Å². The van der Waals surface area contributed by atoms with Crippen LogP contribution in [0.15, 0.2) is 11.6 Å². The summed E-state index contributed by atoms with van der Waals surface area (Å²) in [5, 5.41) is 10.6. The average Bonchev–Trinajstić information content (AvgIpc) is 2.51. The van der Waals surface area contributed by atoms with E-state index in [-0.39, 0.29) is 0 Å². The number of piperidine rings is 1. The molecule has 2 heteroatoms. The van der Waals surface area contributed by atoms with Crippen LogP contribution >= 0.6 is 0 Å². The lowest BCUT2D eigenvalue weighted by Gasteiger charge is -2.38. The molecule has 2 nitrogen and oxygen atoms in total. The van der Waals surface area contributed by atoms with Crippen molar-refractivity contribution >= 4 is 0 Å². The molecule has 1 N–H and O–H groups in total. The summed E-state index contributed by atoms with van der Waals surface area (Å²) in [5.41, 5.74) is 0.879. The van der Waals surface area contributed by atoms with Crippen LogP contribution in [-0.2, 0) is 0 Å². The van der Waals surface area contributed by atoms with Gasteiger partial charge in [0.25, 0.3) is 0 Å². The molecule has 0 aromatic rings. The molecular weight excluding hydrogens is 186 g/mol. The molecule has 0 aromatic carbocycles. The van der Waals surface area contributed by atoms with Gasteiger partial charge in [-0.15, -0.1) is 0 Å². The first-order valence-corrected chi connectivity index (χ1v) is 6.31. The fraction of sp³-hybridized carbons (Fsp3) is 0.846.